The third-order valence-electron chi connectivity index (χ3n) is 5.21. The van der Waals surface area contributed by atoms with Crippen molar-refractivity contribution in [2.45, 2.75) is 26.2 Å². The van der Waals surface area contributed by atoms with Crippen molar-refractivity contribution in [1.29, 1.82) is 0 Å². The largest absolute Gasteiger partial charge is 0.417 e. The van der Waals surface area contributed by atoms with Crippen LogP contribution in [-0.4, -0.2) is 40.2 Å². The Morgan fingerprint density at radius 3 is 2.81 bits per heavy atom. The quantitative estimate of drug-likeness (QED) is 0.526. The second-order valence-corrected chi connectivity index (χ2v) is 7.16. The predicted octanol–water partition coefficient (Wildman–Crippen LogP) is 2.09. The minimum atomic E-state index is -4.50. The highest BCUT2D eigenvalue weighted by Gasteiger charge is 2.34. The SMILES string of the molecule is Cc1c(C(=O)N2Cc3cc(C(F)(F)F)cnc3C2)cnn1-c1nn2cccc2c(=O)[nH]1. The van der Waals surface area contributed by atoms with Crippen LogP contribution in [0.5, 0.6) is 0 Å². The maximum absolute atomic E-state index is 13.0. The van der Waals surface area contributed by atoms with Crippen LogP contribution in [0.4, 0.5) is 13.2 Å². The van der Waals surface area contributed by atoms with Gasteiger partial charge in [0.1, 0.15) is 5.52 Å². The number of hydrogen-bond donors (Lipinski definition) is 1. The van der Waals surface area contributed by atoms with Gasteiger partial charge >= 0.3 is 6.18 Å². The molecule has 31 heavy (non-hydrogen) atoms. The molecular formula is C19H14F3N7O2. The van der Waals surface area contributed by atoms with Crippen molar-refractivity contribution >= 4 is 11.4 Å². The molecule has 1 amide bonds. The molecule has 0 spiro atoms. The van der Waals surface area contributed by atoms with E-state index in [2.05, 4.69) is 20.2 Å². The fourth-order valence-electron chi connectivity index (χ4n) is 3.59. The normalized spacial score (nSPS) is 13.7. The van der Waals surface area contributed by atoms with Crippen molar-refractivity contribution in [3.63, 3.8) is 0 Å². The zero-order valence-corrected chi connectivity index (χ0v) is 16.0. The van der Waals surface area contributed by atoms with E-state index >= 15 is 0 Å². The lowest BCUT2D eigenvalue weighted by molar-refractivity contribution is -0.137. The van der Waals surface area contributed by atoms with Crippen LogP contribution in [0.25, 0.3) is 11.5 Å². The fraction of sp³-hybridized carbons (Fsp3) is 0.211. The lowest BCUT2D eigenvalue weighted by Gasteiger charge is -2.14. The molecule has 1 aliphatic heterocycles. The molecule has 0 radical (unpaired) electrons. The maximum atomic E-state index is 13.0. The van der Waals surface area contributed by atoms with Crippen LogP contribution in [0.1, 0.15) is 32.9 Å². The van der Waals surface area contributed by atoms with Crippen molar-refractivity contribution in [1.82, 2.24) is 34.3 Å². The van der Waals surface area contributed by atoms with Crippen LogP contribution in [0.2, 0.25) is 0 Å². The van der Waals surface area contributed by atoms with E-state index in [-0.39, 0.29) is 30.2 Å². The highest BCUT2D eigenvalue weighted by Crippen LogP contribution is 2.32. The van der Waals surface area contributed by atoms with Gasteiger partial charge in [0.25, 0.3) is 11.5 Å². The zero-order valence-electron chi connectivity index (χ0n) is 16.0. The number of hydrogen-bond acceptors (Lipinski definition) is 5. The number of fused-ring (bicyclic) bond motifs is 2. The van der Waals surface area contributed by atoms with Gasteiger partial charge in [-0.05, 0) is 30.7 Å². The number of rotatable bonds is 2. The van der Waals surface area contributed by atoms with Crippen LogP contribution >= 0.6 is 0 Å². The summed E-state index contributed by atoms with van der Waals surface area (Å²) < 4.78 is 41.5. The molecular weight excluding hydrogens is 415 g/mol. The van der Waals surface area contributed by atoms with Gasteiger partial charge in [0, 0.05) is 18.9 Å². The molecule has 0 fully saturated rings. The number of halogens is 3. The first-order valence-electron chi connectivity index (χ1n) is 9.19. The minimum Gasteiger partial charge on any atom is -0.328 e. The molecule has 4 aromatic rings. The first-order valence-corrected chi connectivity index (χ1v) is 9.19. The second-order valence-electron chi connectivity index (χ2n) is 7.16. The Labute approximate surface area is 171 Å². The average Bonchev–Trinajstić information content (AvgIpc) is 3.43. The van der Waals surface area contributed by atoms with E-state index in [1.54, 1.807) is 25.3 Å². The van der Waals surface area contributed by atoms with E-state index in [4.69, 9.17) is 0 Å². The van der Waals surface area contributed by atoms with Crippen molar-refractivity contribution in [2.75, 3.05) is 0 Å². The Kier molecular flexibility index (Phi) is 4.00. The number of amides is 1. The molecule has 1 N–H and O–H groups in total. The maximum Gasteiger partial charge on any atom is 0.417 e. The highest BCUT2D eigenvalue weighted by atomic mass is 19.4. The van der Waals surface area contributed by atoms with Crippen LogP contribution in [0, 0.1) is 6.92 Å². The summed E-state index contributed by atoms with van der Waals surface area (Å²) in [6, 6.07) is 4.31. The number of nitrogens with one attached hydrogen (secondary N) is 1. The van der Waals surface area contributed by atoms with Crippen LogP contribution < -0.4 is 5.56 Å². The monoisotopic (exact) mass is 429 g/mol. The molecule has 0 saturated carbocycles. The Hall–Kier alpha value is -3.96. The van der Waals surface area contributed by atoms with Gasteiger partial charge in [0.2, 0.25) is 5.95 Å². The molecule has 1 aliphatic rings. The van der Waals surface area contributed by atoms with Crippen LogP contribution in [0.3, 0.4) is 0 Å². The molecule has 5 heterocycles. The van der Waals surface area contributed by atoms with Crippen molar-refractivity contribution < 1.29 is 18.0 Å². The fourth-order valence-corrected chi connectivity index (χ4v) is 3.59. The number of H-pyrrole nitrogens is 1. The topological polar surface area (TPSA) is 101 Å². The molecule has 0 saturated heterocycles. The molecule has 0 atom stereocenters. The third kappa shape index (κ3) is 3.07. The standard InChI is InChI=1S/C19H14F3N7O2/c1-10-13(7-24-29(10)18-25-16(30)15-3-2-4-28(15)26-18)17(31)27-8-11-5-12(19(20,21)22)6-23-14(11)9-27/h2-7H,8-9H2,1H3,(H,25,26,30). The van der Waals surface area contributed by atoms with Gasteiger partial charge in [-0.3, -0.25) is 19.6 Å². The molecule has 0 unspecified atom stereocenters. The molecule has 0 aromatic carbocycles. The number of pyridine rings is 1. The lowest BCUT2D eigenvalue weighted by atomic mass is 10.1. The zero-order chi connectivity index (χ0) is 21.9. The van der Waals surface area contributed by atoms with E-state index in [1.165, 1.54) is 20.3 Å². The summed E-state index contributed by atoms with van der Waals surface area (Å²) in [4.78, 5) is 33.1. The van der Waals surface area contributed by atoms with Gasteiger partial charge < -0.3 is 4.90 Å². The summed E-state index contributed by atoms with van der Waals surface area (Å²) in [5.74, 6) is -0.272. The van der Waals surface area contributed by atoms with E-state index in [9.17, 15) is 22.8 Å². The third-order valence-corrected chi connectivity index (χ3v) is 5.21. The smallest absolute Gasteiger partial charge is 0.328 e. The van der Waals surface area contributed by atoms with Crippen LogP contribution in [-0.2, 0) is 19.3 Å². The number of alkyl halides is 3. The van der Waals surface area contributed by atoms with Crippen LogP contribution in [0.15, 0.2) is 41.6 Å². The Bertz CT molecular complexity index is 1400. The number of aromatic nitrogens is 6. The molecule has 0 aliphatic carbocycles. The van der Waals surface area contributed by atoms with Gasteiger partial charge in [-0.25, -0.2) is 9.20 Å². The summed E-state index contributed by atoms with van der Waals surface area (Å²) in [5.41, 5.74) is 0.621. The van der Waals surface area contributed by atoms with E-state index < -0.39 is 17.6 Å². The Balaban J connectivity index is 1.44. The molecule has 0 bridgehead atoms. The summed E-state index contributed by atoms with van der Waals surface area (Å²) in [6.07, 6.45) is -0.769. The van der Waals surface area contributed by atoms with Crippen molar-refractivity contribution in [3.05, 3.63) is 75.2 Å². The predicted molar refractivity (Wildman–Crippen MR) is 100 cm³/mol. The Morgan fingerprint density at radius 2 is 2.03 bits per heavy atom. The molecule has 158 valence electrons. The van der Waals surface area contributed by atoms with Gasteiger partial charge in [0.15, 0.2) is 0 Å². The van der Waals surface area contributed by atoms with Gasteiger partial charge in [-0.2, -0.15) is 18.3 Å². The molecule has 12 heteroatoms. The first kappa shape index (κ1) is 19.0. The summed E-state index contributed by atoms with van der Waals surface area (Å²) in [7, 11) is 0. The number of aromatic amines is 1. The van der Waals surface area contributed by atoms with E-state index in [0.717, 1.165) is 12.3 Å². The second kappa shape index (κ2) is 6.52. The number of carbonyl (C=O) groups is 1. The summed E-state index contributed by atoms with van der Waals surface area (Å²) in [5, 5.41) is 8.45. The summed E-state index contributed by atoms with van der Waals surface area (Å²) >= 11 is 0. The molecule has 5 rings (SSSR count). The van der Waals surface area contributed by atoms with E-state index in [1.807, 2.05) is 0 Å². The van der Waals surface area contributed by atoms with Gasteiger partial charge in [-0.1, -0.05) is 0 Å². The van der Waals surface area contributed by atoms with Crippen molar-refractivity contribution in [3.8, 4) is 5.95 Å². The lowest BCUT2D eigenvalue weighted by Crippen LogP contribution is -2.26. The van der Waals surface area contributed by atoms with Gasteiger partial charge in [-0.15, -0.1) is 5.10 Å². The Morgan fingerprint density at radius 1 is 1.23 bits per heavy atom. The number of nitrogens with zero attached hydrogens (tertiary/aromatic N) is 6. The van der Waals surface area contributed by atoms with E-state index in [0.29, 0.717) is 22.5 Å². The van der Waals surface area contributed by atoms with Crippen molar-refractivity contribution in [2.24, 2.45) is 0 Å². The average molecular weight is 429 g/mol. The minimum absolute atomic E-state index is 0.0140. The summed E-state index contributed by atoms with van der Waals surface area (Å²) in [6.45, 7) is 1.75. The number of carbonyl (C=O) groups excluding carboxylic acids is 1. The molecule has 9 nitrogen and oxygen atoms in total. The van der Waals surface area contributed by atoms with Gasteiger partial charge in [0.05, 0.1) is 35.3 Å². The molecule has 4 aromatic heterocycles. The first-order chi connectivity index (χ1) is 14.7. The highest BCUT2D eigenvalue weighted by molar-refractivity contribution is 5.95.